The number of methoxy groups -OCH3 is 4. The minimum absolute atomic E-state index is 0.0669. The van der Waals surface area contributed by atoms with E-state index in [4.69, 9.17) is 56.8 Å². The van der Waals surface area contributed by atoms with Crippen molar-refractivity contribution in [2.75, 3.05) is 54.9 Å². The average molecular weight is 1960 g/mol. The highest BCUT2D eigenvalue weighted by molar-refractivity contribution is 5.93. The quantitative estimate of drug-likeness (QED) is 0.0261. The molecule has 16 fully saturated rings. The number of rotatable bonds is 28. The second-order valence-corrected chi connectivity index (χ2v) is 46.9. The Morgan fingerprint density at radius 2 is 0.431 bits per heavy atom. The first-order chi connectivity index (χ1) is 69.0. The van der Waals surface area contributed by atoms with E-state index in [0.29, 0.717) is 93.9 Å². The van der Waals surface area contributed by atoms with Gasteiger partial charge in [0.2, 0.25) is 0 Å². The van der Waals surface area contributed by atoms with Crippen LogP contribution in [0.4, 0.5) is 0 Å². The van der Waals surface area contributed by atoms with Crippen LogP contribution in [0.15, 0.2) is 146 Å². The van der Waals surface area contributed by atoms with Gasteiger partial charge in [0, 0.05) is 92.4 Å². The standard InChI is InChI=1S/C120H136O24/c1-13-117(77-33-65-34-78(117)54-113(5,49-65)53-77)141-101(125)61-137-109(129)73-25-17-69(18-26-73)105-85-41-90(98(134-10)45-93(85)121)107(71-21-29-75(30-22-71)111(131)139-63-103(127)143-119(15-3)81-37-67-38-82(119)58-115(7,51-67)57-81)87-43-92(100(136-12)47-95(87)123)108(72-23-31-76(32-24-72)112(132)140-64-104(128)144-120(16-4)83-39-68-40-84(120)60-116(8,52-68)59-83)88-44-91(99(135-11)48-96(88)124)106(86-42-89(105)97(133-9)46-94(86)122)70-19-27-74(28-20-70)110(130)138-62-102(126)142-118(14-2)79-35-66-36-80(118)56-114(6,50-66)55-79/h17-32,41-48,65-68,77-84,105-108,121-124H,13-16,33-40,49-64H2,1-12H3. The Bertz CT molecular complexity index is 5560. The lowest BCUT2D eigenvalue weighted by Crippen LogP contribution is -2.62. The number of hydrogen-bond acceptors (Lipinski definition) is 24. The largest absolute Gasteiger partial charge is 0.507 e. The molecule has 24 heteroatoms. The summed E-state index contributed by atoms with van der Waals surface area (Å²) in [6.45, 7) is 15.2. The molecule has 12 unspecified atom stereocenters. The minimum atomic E-state index is -1.20. The van der Waals surface area contributed by atoms with Crippen molar-refractivity contribution in [1.82, 2.24) is 0 Å². The van der Waals surface area contributed by atoms with Gasteiger partial charge in [0.15, 0.2) is 26.4 Å². The third kappa shape index (κ3) is 17.0. The molecule has 0 radical (unpaired) electrons. The molecule has 4 N–H and O–H groups in total. The van der Waals surface area contributed by atoms with Gasteiger partial charge in [-0.15, -0.1) is 0 Å². The molecule has 17 aliphatic carbocycles. The van der Waals surface area contributed by atoms with Crippen LogP contribution in [0.5, 0.6) is 46.0 Å². The molecular formula is C120H136O24. The van der Waals surface area contributed by atoms with E-state index in [0.717, 1.165) is 103 Å². The van der Waals surface area contributed by atoms with Gasteiger partial charge in [-0.2, -0.15) is 0 Å². The Hall–Kier alpha value is -12.1. The van der Waals surface area contributed by atoms with Crippen LogP contribution in [0.3, 0.4) is 0 Å². The fourth-order valence-corrected chi connectivity index (χ4v) is 33.2. The van der Waals surface area contributed by atoms with Gasteiger partial charge in [-0.3, -0.25) is 0 Å². The molecule has 760 valence electrons. The van der Waals surface area contributed by atoms with E-state index in [1.807, 2.05) is 0 Å². The maximum Gasteiger partial charge on any atom is 0.344 e. The zero-order chi connectivity index (χ0) is 101. The summed E-state index contributed by atoms with van der Waals surface area (Å²) in [5.41, 5.74) is 2.06. The van der Waals surface area contributed by atoms with E-state index < -0.39 is 120 Å². The monoisotopic (exact) mass is 1960 g/mol. The topological polar surface area (TPSA) is 328 Å². The van der Waals surface area contributed by atoms with Crippen LogP contribution in [0.25, 0.3) is 0 Å². The van der Waals surface area contributed by atoms with Crippen molar-refractivity contribution >= 4 is 47.8 Å². The van der Waals surface area contributed by atoms with Gasteiger partial charge < -0.3 is 77.3 Å². The van der Waals surface area contributed by atoms with Gasteiger partial charge in [-0.25, -0.2) is 38.4 Å². The second-order valence-electron chi connectivity index (χ2n) is 46.9. The minimum Gasteiger partial charge on any atom is -0.507 e. The van der Waals surface area contributed by atoms with Gasteiger partial charge in [0.25, 0.3) is 0 Å². The van der Waals surface area contributed by atoms with Crippen molar-refractivity contribution in [3.63, 3.8) is 0 Å². The van der Waals surface area contributed by atoms with Crippen molar-refractivity contribution in [1.29, 1.82) is 0 Å². The molecule has 24 bridgehead atoms. The first-order valence-corrected chi connectivity index (χ1v) is 52.6. The predicted octanol–water partition coefficient (Wildman–Crippen LogP) is 22.4. The van der Waals surface area contributed by atoms with Gasteiger partial charge in [-0.05, 0) is 342 Å². The summed E-state index contributed by atoms with van der Waals surface area (Å²) in [5, 5.41) is 53.4. The van der Waals surface area contributed by atoms with E-state index in [1.54, 1.807) is 121 Å². The van der Waals surface area contributed by atoms with Gasteiger partial charge >= 0.3 is 47.8 Å². The molecule has 0 aliphatic heterocycles. The normalized spacial score (nSPS) is 33.1. The lowest BCUT2D eigenvalue weighted by molar-refractivity contribution is -0.226. The third-order valence-corrected chi connectivity index (χ3v) is 38.1. The Labute approximate surface area is 842 Å². The van der Waals surface area contributed by atoms with Gasteiger partial charge in [0.05, 0.1) is 50.7 Å². The summed E-state index contributed by atoms with van der Waals surface area (Å²) < 4.78 is 75.2. The number of hydrogen-bond donors (Lipinski definition) is 4. The zero-order valence-electron chi connectivity index (χ0n) is 84.8. The van der Waals surface area contributed by atoms with Crippen LogP contribution in [0.2, 0.25) is 0 Å². The smallest absolute Gasteiger partial charge is 0.344 e. The Morgan fingerprint density at radius 1 is 0.257 bits per heavy atom. The Kier molecular flexibility index (Phi) is 25.3. The van der Waals surface area contributed by atoms with Crippen LogP contribution < -0.4 is 18.9 Å². The highest BCUT2D eigenvalue weighted by Crippen LogP contribution is 2.71. The van der Waals surface area contributed by atoms with E-state index in [1.165, 1.54) is 78.4 Å². The van der Waals surface area contributed by atoms with Crippen molar-refractivity contribution in [3.05, 3.63) is 235 Å². The van der Waals surface area contributed by atoms with Crippen LogP contribution >= 0.6 is 0 Å². The lowest BCUT2D eigenvalue weighted by atomic mass is 9.44. The molecule has 0 amide bonds. The molecule has 0 heterocycles. The highest BCUT2D eigenvalue weighted by atomic mass is 16.6. The summed E-state index contributed by atoms with van der Waals surface area (Å²) in [6, 6.07) is 38.5. The highest BCUT2D eigenvalue weighted by Gasteiger charge is 2.67. The number of benzene rings is 8. The summed E-state index contributed by atoms with van der Waals surface area (Å²) in [6.07, 6.45) is 23.0. The summed E-state index contributed by atoms with van der Waals surface area (Å²) in [5.74, 6) is -7.49. The molecule has 0 spiro atoms. The van der Waals surface area contributed by atoms with Crippen molar-refractivity contribution < 1.29 is 116 Å². The molecule has 8 aromatic carbocycles. The average Bonchev–Trinajstić information content (AvgIpc) is 0.717. The molecule has 25 rings (SSSR count). The van der Waals surface area contributed by atoms with Gasteiger partial charge in [-0.1, -0.05) is 104 Å². The molecular weight excluding hydrogens is 1830 g/mol. The Balaban J connectivity index is 0.684. The number of carbonyl (C=O) groups is 8. The number of aromatic hydroxyl groups is 4. The molecule has 144 heavy (non-hydrogen) atoms. The summed E-state index contributed by atoms with van der Waals surface area (Å²) in [7, 11) is 5.72. The number of phenolic OH excluding ortho intramolecular Hbond substituents is 4. The van der Waals surface area contributed by atoms with Crippen molar-refractivity contribution in [2.45, 2.75) is 256 Å². The number of phenols is 4. The fourth-order valence-electron chi connectivity index (χ4n) is 33.2. The lowest BCUT2D eigenvalue weighted by Gasteiger charge is -2.63. The first kappa shape index (κ1) is 98.0. The van der Waals surface area contributed by atoms with Crippen LogP contribution in [0.1, 0.15) is 341 Å². The SMILES string of the molecule is CCC1(OC(=O)COC(=O)c2ccc(C3c4cc(c(OC)cc4O)C(c4ccc(C(=O)OCC(=O)OC5(CC)C6CC7CC5CC(C)(C7)C6)cc4)c4cc(c(OC)cc4O)C(c4ccc(C(=O)OCC(=O)OC5(CC)C6CC7CC5CC(C)(C7)C6)cc4)c4cc(c(OC)cc4O)C(c4ccc(C(=O)OCC(=O)OC5(CC)C6CC7CC5CC(C)(C7)C6)cc4)c4cc3c(OC)cc4O)cc2)C2CC3CC1CC(C)(C3)C2. The molecule has 17 aliphatic rings. The maximum atomic E-state index is 14.6. The number of carbonyl (C=O) groups excluding carboxylic acids is 8. The molecule has 12 atom stereocenters. The number of ether oxygens (including phenoxy) is 12. The second kappa shape index (κ2) is 37.1. The summed E-state index contributed by atoms with van der Waals surface area (Å²) in [4.78, 5) is 115. The van der Waals surface area contributed by atoms with E-state index in [2.05, 4.69) is 55.4 Å². The first-order valence-electron chi connectivity index (χ1n) is 52.6. The molecule has 16 saturated carbocycles. The zero-order valence-corrected chi connectivity index (χ0v) is 84.8. The third-order valence-electron chi connectivity index (χ3n) is 38.1. The van der Waals surface area contributed by atoms with Crippen LogP contribution in [-0.2, 0) is 57.1 Å². The molecule has 0 saturated heterocycles. The number of esters is 8. The molecule has 24 nitrogen and oxygen atoms in total. The fraction of sp³-hybridized carbons (Fsp3) is 0.533. The summed E-state index contributed by atoms with van der Waals surface area (Å²) >= 11 is 0. The van der Waals surface area contributed by atoms with Gasteiger partial charge in [0.1, 0.15) is 68.4 Å². The van der Waals surface area contributed by atoms with E-state index in [9.17, 15) is 58.8 Å². The predicted molar refractivity (Wildman–Crippen MR) is 532 cm³/mol. The van der Waals surface area contributed by atoms with Crippen LogP contribution in [-0.4, -0.2) is 145 Å². The maximum absolute atomic E-state index is 14.6. The van der Waals surface area contributed by atoms with Crippen LogP contribution in [0, 0.1) is 92.7 Å². The Morgan fingerprint density at radius 3 is 0.583 bits per heavy atom. The number of fused-ring (bicyclic) bond motifs is 8. The molecule has 0 aromatic heterocycles. The van der Waals surface area contributed by atoms with E-state index >= 15 is 0 Å². The van der Waals surface area contributed by atoms with Crippen molar-refractivity contribution in [2.24, 2.45) is 92.7 Å². The molecule has 8 aromatic rings. The van der Waals surface area contributed by atoms with E-state index in [-0.39, 0.29) is 160 Å². The van der Waals surface area contributed by atoms with Crippen molar-refractivity contribution in [3.8, 4) is 46.0 Å².